The van der Waals surface area contributed by atoms with E-state index in [9.17, 15) is 0 Å². The molecule has 4 rings (SSSR count). The smallest absolute Gasteiger partial charge is 0.219 e. The van der Waals surface area contributed by atoms with Gasteiger partial charge in [0.25, 0.3) is 0 Å². The molecule has 0 spiro atoms. The van der Waals surface area contributed by atoms with Gasteiger partial charge in [-0.05, 0) is 24.6 Å². The molecule has 2 N–H and O–H groups in total. The first-order valence-electron chi connectivity index (χ1n) is 6.81. The second-order valence-corrected chi connectivity index (χ2v) is 5.90. The molecule has 4 nitrogen and oxygen atoms in total. The highest BCUT2D eigenvalue weighted by atomic mass is 16.5. The standard InChI is InChI=1S/C16H16N2O2/c1-16-7-11(16)15-12(19-9-16)3-2-4-13(15)20-14-6-5-10(17)8-18-14/h2-6,8,11H,7,9,17H2,1H3. The predicted octanol–water partition coefficient (Wildman–Crippen LogP) is 3.34. The summed E-state index contributed by atoms with van der Waals surface area (Å²) in [6.07, 6.45) is 2.76. The second kappa shape index (κ2) is 3.88. The minimum Gasteiger partial charge on any atom is -0.493 e. The van der Waals surface area contributed by atoms with Crippen molar-refractivity contribution in [3.05, 3.63) is 42.1 Å². The highest BCUT2D eigenvalue weighted by Crippen LogP contribution is 2.65. The molecule has 102 valence electrons. The topological polar surface area (TPSA) is 57.4 Å². The normalized spacial score (nSPS) is 26.1. The number of nitrogen functional groups attached to an aromatic ring is 1. The molecule has 0 amide bonds. The van der Waals surface area contributed by atoms with Crippen LogP contribution in [0.25, 0.3) is 0 Å². The van der Waals surface area contributed by atoms with Gasteiger partial charge in [0.2, 0.25) is 5.88 Å². The molecule has 0 bridgehead atoms. The van der Waals surface area contributed by atoms with Crippen LogP contribution in [0.2, 0.25) is 0 Å². The van der Waals surface area contributed by atoms with Crippen molar-refractivity contribution in [3.8, 4) is 17.4 Å². The van der Waals surface area contributed by atoms with Crippen LogP contribution in [0.3, 0.4) is 0 Å². The molecule has 2 aliphatic rings. The van der Waals surface area contributed by atoms with Crippen LogP contribution in [0.15, 0.2) is 36.5 Å². The van der Waals surface area contributed by atoms with Gasteiger partial charge in [0.1, 0.15) is 11.5 Å². The van der Waals surface area contributed by atoms with Crippen molar-refractivity contribution < 1.29 is 9.47 Å². The molecule has 20 heavy (non-hydrogen) atoms. The van der Waals surface area contributed by atoms with E-state index in [-0.39, 0.29) is 5.41 Å². The number of hydrogen-bond donors (Lipinski definition) is 1. The number of benzene rings is 1. The summed E-state index contributed by atoms with van der Waals surface area (Å²) in [5, 5.41) is 0. The van der Waals surface area contributed by atoms with Gasteiger partial charge in [-0.1, -0.05) is 13.0 Å². The van der Waals surface area contributed by atoms with E-state index >= 15 is 0 Å². The van der Waals surface area contributed by atoms with Crippen LogP contribution in [0, 0.1) is 5.41 Å². The molecular weight excluding hydrogens is 252 g/mol. The molecule has 2 unspecified atom stereocenters. The average Bonchev–Trinajstić information content (AvgIpc) is 3.14. The van der Waals surface area contributed by atoms with Crippen LogP contribution in [-0.4, -0.2) is 11.6 Å². The summed E-state index contributed by atoms with van der Waals surface area (Å²) >= 11 is 0. The summed E-state index contributed by atoms with van der Waals surface area (Å²) < 4.78 is 11.8. The molecule has 0 saturated heterocycles. The minimum absolute atomic E-state index is 0.279. The SMILES string of the molecule is CC12COc3cccc(Oc4ccc(N)cn4)c3C1C2. The molecule has 1 aliphatic heterocycles. The Morgan fingerprint density at radius 2 is 2.25 bits per heavy atom. The number of rotatable bonds is 2. The maximum absolute atomic E-state index is 5.93. The lowest BCUT2D eigenvalue weighted by Crippen LogP contribution is -2.17. The number of hydrogen-bond acceptors (Lipinski definition) is 4. The lowest BCUT2D eigenvalue weighted by molar-refractivity contribution is 0.221. The zero-order valence-corrected chi connectivity index (χ0v) is 11.3. The number of pyridine rings is 1. The predicted molar refractivity (Wildman–Crippen MR) is 76.1 cm³/mol. The number of anilines is 1. The highest BCUT2D eigenvalue weighted by Gasteiger charge is 2.56. The molecule has 2 atom stereocenters. The lowest BCUT2D eigenvalue weighted by Gasteiger charge is -2.23. The molecular formula is C16H16N2O2. The van der Waals surface area contributed by atoms with E-state index < -0.39 is 0 Å². The molecule has 1 fully saturated rings. The Kier molecular flexibility index (Phi) is 2.25. The van der Waals surface area contributed by atoms with Crippen molar-refractivity contribution >= 4 is 5.69 Å². The fraction of sp³-hybridized carbons (Fsp3) is 0.312. The number of nitrogens with two attached hydrogens (primary N) is 1. The first kappa shape index (κ1) is 11.6. The first-order valence-corrected chi connectivity index (χ1v) is 6.81. The molecule has 2 aromatic rings. The fourth-order valence-electron chi connectivity index (χ4n) is 2.91. The number of nitrogens with zero attached hydrogens (tertiary/aromatic N) is 1. The Labute approximate surface area is 117 Å². The quantitative estimate of drug-likeness (QED) is 0.907. The lowest BCUT2D eigenvalue weighted by atomic mass is 9.97. The molecule has 1 aliphatic carbocycles. The third-order valence-electron chi connectivity index (χ3n) is 4.26. The summed E-state index contributed by atoms with van der Waals surface area (Å²) in [5.74, 6) is 2.88. The average molecular weight is 268 g/mol. The van der Waals surface area contributed by atoms with Crippen LogP contribution in [0.4, 0.5) is 5.69 Å². The van der Waals surface area contributed by atoms with Crippen molar-refractivity contribution in [1.82, 2.24) is 4.98 Å². The van der Waals surface area contributed by atoms with Crippen molar-refractivity contribution in [2.75, 3.05) is 12.3 Å². The Balaban J connectivity index is 1.71. The third-order valence-corrected chi connectivity index (χ3v) is 4.26. The number of fused-ring (bicyclic) bond motifs is 3. The Bertz CT molecular complexity index is 669. The molecule has 2 heterocycles. The minimum atomic E-state index is 0.279. The van der Waals surface area contributed by atoms with Gasteiger partial charge in [0.05, 0.1) is 18.5 Å². The second-order valence-electron chi connectivity index (χ2n) is 5.90. The summed E-state index contributed by atoms with van der Waals surface area (Å²) in [7, 11) is 0. The van der Waals surface area contributed by atoms with E-state index in [4.69, 9.17) is 15.2 Å². The first-order chi connectivity index (χ1) is 9.66. The van der Waals surface area contributed by atoms with E-state index in [1.807, 2.05) is 18.2 Å². The van der Waals surface area contributed by atoms with Crippen molar-refractivity contribution in [2.45, 2.75) is 19.3 Å². The van der Waals surface area contributed by atoms with Crippen LogP contribution in [0.1, 0.15) is 24.8 Å². The van der Waals surface area contributed by atoms with Crippen molar-refractivity contribution in [1.29, 1.82) is 0 Å². The van der Waals surface area contributed by atoms with Gasteiger partial charge in [-0.15, -0.1) is 0 Å². The Morgan fingerprint density at radius 1 is 1.35 bits per heavy atom. The van der Waals surface area contributed by atoms with Gasteiger partial charge in [-0.3, -0.25) is 0 Å². The van der Waals surface area contributed by atoms with Gasteiger partial charge in [-0.25, -0.2) is 4.98 Å². The monoisotopic (exact) mass is 268 g/mol. The molecule has 1 saturated carbocycles. The Hall–Kier alpha value is -2.23. The maximum Gasteiger partial charge on any atom is 0.219 e. The van der Waals surface area contributed by atoms with Crippen LogP contribution < -0.4 is 15.2 Å². The largest absolute Gasteiger partial charge is 0.493 e. The van der Waals surface area contributed by atoms with E-state index in [2.05, 4.69) is 11.9 Å². The van der Waals surface area contributed by atoms with Gasteiger partial charge >= 0.3 is 0 Å². The zero-order chi connectivity index (χ0) is 13.7. The zero-order valence-electron chi connectivity index (χ0n) is 11.3. The van der Waals surface area contributed by atoms with Crippen molar-refractivity contribution in [3.63, 3.8) is 0 Å². The number of ether oxygens (including phenoxy) is 2. The van der Waals surface area contributed by atoms with Crippen LogP contribution >= 0.6 is 0 Å². The maximum atomic E-state index is 5.93. The van der Waals surface area contributed by atoms with Gasteiger partial charge < -0.3 is 15.2 Å². The summed E-state index contributed by atoms with van der Waals surface area (Å²) in [6.45, 7) is 3.06. The van der Waals surface area contributed by atoms with Gasteiger partial charge in [0.15, 0.2) is 0 Å². The molecule has 0 radical (unpaired) electrons. The van der Waals surface area contributed by atoms with Crippen LogP contribution in [0.5, 0.6) is 17.4 Å². The summed E-state index contributed by atoms with van der Waals surface area (Å²) in [6, 6.07) is 9.51. The van der Waals surface area contributed by atoms with Crippen LogP contribution in [-0.2, 0) is 0 Å². The summed E-state index contributed by atoms with van der Waals surface area (Å²) in [5.41, 5.74) is 7.73. The summed E-state index contributed by atoms with van der Waals surface area (Å²) in [4.78, 5) is 4.19. The van der Waals surface area contributed by atoms with Crippen molar-refractivity contribution in [2.24, 2.45) is 5.41 Å². The molecule has 1 aromatic heterocycles. The van der Waals surface area contributed by atoms with Gasteiger partial charge in [-0.2, -0.15) is 0 Å². The van der Waals surface area contributed by atoms with Gasteiger partial charge in [0, 0.05) is 23.0 Å². The fourth-order valence-corrected chi connectivity index (χ4v) is 2.91. The van der Waals surface area contributed by atoms with E-state index in [1.54, 1.807) is 18.3 Å². The third kappa shape index (κ3) is 1.72. The van der Waals surface area contributed by atoms with E-state index in [0.717, 1.165) is 24.5 Å². The van der Waals surface area contributed by atoms with E-state index in [1.165, 1.54) is 5.56 Å². The highest BCUT2D eigenvalue weighted by molar-refractivity contribution is 5.53. The Morgan fingerprint density at radius 3 is 3.05 bits per heavy atom. The van der Waals surface area contributed by atoms with E-state index in [0.29, 0.717) is 17.5 Å². The molecule has 1 aromatic carbocycles. The number of aromatic nitrogens is 1. The molecule has 4 heteroatoms.